The number of nitrogens with zero attached hydrogens (tertiary/aromatic N) is 4. The van der Waals surface area contributed by atoms with Gasteiger partial charge in [-0.05, 0) is 37.2 Å². The Hall–Kier alpha value is -0.840. The van der Waals surface area contributed by atoms with Crippen LogP contribution in [-0.4, -0.2) is 66.2 Å². The molecule has 2 saturated heterocycles. The molecule has 9 heteroatoms. The summed E-state index contributed by atoms with van der Waals surface area (Å²) >= 11 is 0. The maximum atomic E-state index is 11.7. The fourth-order valence-electron chi connectivity index (χ4n) is 4.60. The minimum absolute atomic E-state index is 0. The van der Waals surface area contributed by atoms with E-state index in [0.717, 1.165) is 31.9 Å². The number of rotatable bonds is 4. The normalized spacial score (nSPS) is 27.9. The van der Waals surface area contributed by atoms with Crippen molar-refractivity contribution in [1.29, 1.82) is 0 Å². The quantitative estimate of drug-likeness (QED) is 0.373. The van der Waals surface area contributed by atoms with E-state index in [-0.39, 0.29) is 29.9 Å². The molecule has 2 aliphatic heterocycles. The van der Waals surface area contributed by atoms with E-state index in [0.29, 0.717) is 30.0 Å². The number of halogens is 1. The monoisotopic (exact) mass is 521 g/mol. The number of aliphatic imine (C=N–C) groups is 1. The molecule has 7 nitrogen and oxygen atoms in total. The highest BCUT2D eigenvalue weighted by Gasteiger charge is 2.30. The molecular weight excluding hydrogens is 489 g/mol. The van der Waals surface area contributed by atoms with Crippen LogP contribution in [0.5, 0.6) is 0 Å². The van der Waals surface area contributed by atoms with Gasteiger partial charge in [-0.15, -0.1) is 24.0 Å². The first kappa shape index (κ1) is 21.9. The molecule has 4 rings (SSSR count). The van der Waals surface area contributed by atoms with Gasteiger partial charge in [-0.3, -0.25) is 9.67 Å². The fourth-order valence-corrected chi connectivity index (χ4v) is 6.45. The largest absolute Gasteiger partial charge is 0.354 e. The second kappa shape index (κ2) is 9.32. The summed E-state index contributed by atoms with van der Waals surface area (Å²) in [5.41, 5.74) is 1.29. The lowest BCUT2D eigenvalue weighted by Gasteiger charge is -2.25. The van der Waals surface area contributed by atoms with Crippen LogP contribution < -0.4 is 5.32 Å². The van der Waals surface area contributed by atoms with Gasteiger partial charge in [0, 0.05) is 44.8 Å². The Morgan fingerprint density at radius 1 is 1.29 bits per heavy atom. The van der Waals surface area contributed by atoms with Crippen molar-refractivity contribution < 1.29 is 8.42 Å². The number of aromatic nitrogens is 2. The minimum atomic E-state index is -2.84. The highest BCUT2D eigenvalue weighted by molar-refractivity contribution is 14.0. The smallest absolute Gasteiger partial charge is 0.194 e. The van der Waals surface area contributed by atoms with Gasteiger partial charge in [0.25, 0.3) is 0 Å². The molecule has 0 amide bonds. The Morgan fingerprint density at radius 2 is 2.07 bits per heavy atom. The second-order valence-corrected chi connectivity index (χ2v) is 10.7. The first-order valence-corrected chi connectivity index (χ1v) is 12.1. The predicted octanol–water partition coefficient (Wildman–Crippen LogP) is 2.15. The summed E-state index contributed by atoms with van der Waals surface area (Å²) in [4.78, 5) is 7.26. The highest BCUT2D eigenvalue weighted by Crippen LogP contribution is 2.28. The second-order valence-electron chi connectivity index (χ2n) is 8.44. The van der Waals surface area contributed by atoms with Crippen LogP contribution in [-0.2, 0) is 16.9 Å². The zero-order chi connectivity index (χ0) is 18.9. The molecule has 1 saturated carbocycles. The van der Waals surface area contributed by atoms with E-state index >= 15 is 0 Å². The van der Waals surface area contributed by atoms with E-state index in [1.165, 1.54) is 31.2 Å². The number of nitrogens with one attached hydrogen (secondary N) is 1. The third-order valence-electron chi connectivity index (χ3n) is 6.20. The van der Waals surface area contributed by atoms with Crippen molar-refractivity contribution in [3.8, 4) is 0 Å². The fraction of sp³-hybridized carbons (Fsp3) is 0.789. The van der Waals surface area contributed by atoms with E-state index < -0.39 is 9.84 Å². The molecular formula is C19H32IN5O2S. The first-order valence-electron chi connectivity index (χ1n) is 10.2. The molecule has 1 N–H and O–H groups in total. The van der Waals surface area contributed by atoms with Gasteiger partial charge in [0.15, 0.2) is 15.8 Å². The van der Waals surface area contributed by atoms with Gasteiger partial charge in [-0.1, -0.05) is 12.8 Å². The molecule has 158 valence electrons. The van der Waals surface area contributed by atoms with E-state index in [1.807, 2.05) is 17.9 Å². The van der Waals surface area contributed by atoms with Gasteiger partial charge in [0.2, 0.25) is 0 Å². The predicted molar refractivity (Wildman–Crippen MR) is 122 cm³/mol. The molecule has 2 unspecified atom stereocenters. The zero-order valence-corrected chi connectivity index (χ0v) is 19.7. The number of likely N-dealkylation sites (tertiary alicyclic amines) is 1. The summed E-state index contributed by atoms with van der Waals surface area (Å²) in [5, 5.41) is 8.00. The maximum absolute atomic E-state index is 11.7. The third-order valence-corrected chi connectivity index (χ3v) is 8.04. The van der Waals surface area contributed by atoms with Crippen LogP contribution in [0.25, 0.3) is 0 Å². The number of hydrogen-bond donors (Lipinski definition) is 1. The molecule has 0 radical (unpaired) electrons. The van der Waals surface area contributed by atoms with Crippen LogP contribution in [0.15, 0.2) is 17.4 Å². The van der Waals surface area contributed by atoms with Crippen molar-refractivity contribution in [2.24, 2.45) is 18.0 Å². The van der Waals surface area contributed by atoms with Crippen molar-refractivity contribution in [2.45, 2.75) is 50.5 Å². The maximum Gasteiger partial charge on any atom is 0.194 e. The minimum Gasteiger partial charge on any atom is -0.354 e. The molecule has 1 aromatic heterocycles. The molecule has 0 spiro atoms. The number of sulfone groups is 1. The summed E-state index contributed by atoms with van der Waals surface area (Å²) in [6.07, 6.45) is 10.9. The number of hydrogen-bond acceptors (Lipinski definition) is 4. The average Bonchev–Trinajstić information content (AvgIpc) is 3.39. The lowest BCUT2D eigenvalue weighted by molar-refractivity contribution is 0.460. The van der Waals surface area contributed by atoms with Gasteiger partial charge in [0.05, 0.1) is 17.7 Å². The van der Waals surface area contributed by atoms with Crippen molar-refractivity contribution in [3.63, 3.8) is 0 Å². The Kier molecular flexibility index (Phi) is 7.27. The summed E-state index contributed by atoms with van der Waals surface area (Å²) < 4.78 is 25.3. The lowest BCUT2D eigenvalue weighted by Crippen LogP contribution is -2.44. The van der Waals surface area contributed by atoms with Crippen LogP contribution >= 0.6 is 24.0 Å². The van der Waals surface area contributed by atoms with Crippen LogP contribution in [0.1, 0.15) is 50.0 Å². The number of aryl methyl sites for hydroxylation is 1. The summed E-state index contributed by atoms with van der Waals surface area (Å²) in [6, 6.07) is 0.508. The SMILES string of the molecule is Cn1cc(C2CCN(C(=NCC3CCS(=O)(=O)C3)NC3CCCC3)C2)cn1.I. The van der Waals surface area contributed by atoms with Crippen molar-refractivity contribution in [2.75, 3.05) is 31.1 Å². The van der Waals surface area contributed by atoms with E-state index in [9.17, 15) is 8.42 Å². The van der Waals surface area contributed by atoms with Crippen LogP contribution in [0.4, 0.5) is 0 Å². The van der Waals surface area contributed by atoms with Crippen molar-refractivity contribution >= 4 is 39.8 Å². The Bertz CT molecular complexity index is 788. The van der Waals surface area contributed by atoms with Gasteiger partial charge < -0.3 is 10.2 Å². The third kappa shape index (κ3) is 5.40. The summed E-state index contributed by atoms with van der Waals surface area (Å²) in [6.45, 7) is 2.55. The molecule has 1 aliphatic carbocycles. The van der Waals surface area contributed by atoms with Crippen LogP contribution in [0, 0.1) is 5.92 Å². The lowest BCUT2D eigenvalue weighted by atomic mass is 10.0. The molecule has 3 fully saturated rings. The van der Waals surface area contributed by atoms with E-state index in [1.54, 1.807) is 0 Å². The molecule has 2 atom stereocenters. The Labute approximate surface area is 185 Å². The topological polar surface area (TPSA) is 79.6 Å². The van der Waals surface area contributed by atoms with E-state index in [2.05, 4.69) is 21.5 Å². The van der Waals surface area contributed by atoms with Gasteiger partial charge in [0.1, 0.15) is 0 Å². The van der Waals surface area contributed by atoms with Gasteiger partial charge >= 0.3 is 0 Å². The molecule has 0 bridgehead atoms. The van der Waals surface area contributed by atoms with Crippen molar-refractivity contribution in [1.82, 2.24) is 20.0 Å². The Morgan fingerprint density at radius 3 is 2.71 bits per heavy atom. The number of guanidine groups is 1. The molecule has 3 aliphatic rings. The van der Waals surface area contributed by atoms with Crippen molar-refractivity contribution in [3.05, 3.63) is 18.0 Å². The Balaban J connectivity index is 0.00000225. The molecule has 0 aromatic carbocycles. The van der Waals surface area contributed by atoms with Crippen LogP contribution in [0.2, 0.25) is 0 Å². The zero-order valence-electron chi connectivity index (χ0n) is 16.6. The van der Waals surface area contributed by atoms with Crippen LogP contribution in [0.3, 0.4) is 0 Å². The molecule has 3 heterocycles. The van der Waals surface area contributed by atoms with E-state index in [4.69, 9.17) is 4.99 Å². The highest BCUT2D eigenvalue weighted by atomic mass is 127. The average molecular weight is 521 g/mol. The summed E-state index contributed by atoms with van der Waals surface area (Å²) in [5.74, 6) is 2.27. The first-order chi connectivity index (χ1) is 13.0. The van der Waals surface area contributed by atoms with Gasteiger partial charge in [-0.25, -0.2) is 8.42 Å². The van der Waals surface area contributed by atoms with Gasteiger partial charge in [-0.2, -0.15) is 5.10 Å². The standard InChI is InChI=1S/C19H31N5O2S.HI/c1-23-12-17(11-21-23)16-6-8-24(13-16)19(22-18-4-2-3-5-18)20-10-15-7-9-27(25,26)14-15;/h11-12,15-16,18H,2-10,13-14H2,1H3,(H,20,22);1H. The molecule has 1 aromatic rings. The summed E-state index contributed by atoms with van der Waals surface area (Å²) in [7, 11) is -0.881. The molecule has 28 heavy (non-hydrogen) atoms.